The summed E-state index contributed by atoms with van der Waals surface area (Å²) < 4.78 is 59.1. The van der Waals surface area contributed by atoms with E-state index in [1.165, 1.54) is 14.0 Å². The molecule has 0 aliphatic carbocycles. The molecule has 4 fully saturated rings. The Bertz CT molecular complexity index is 1790. The molecule has 16 nitrogen and oxygen atoms in total. The quantitative estimate of drug-likeness (QED) is 0.154. The number of nitrogens with zero attached hydrogens (tertiary/aromatic N) is 2. The van der Waals surface area contributed by atoms with Crippen molar-refractivity contribution in [1.29, 1.82) is 0 Å². The van der Waals surface area contributed by atoms with Gasteiger partial charge in [-0.15, -0.1) is 0 Å². The number of hydrogen-bond acceptors (Lipinski definition) is 16. The fourth-order valence-electron chi connectivity index (χ4n) is 10.8. The van der Waals surface area contributed by atoms with E-state index in [1.54, 1.807) is 20.8 Å². The van der Waals surface area contributed by atoms with E-state index >= 15 is 0 Å². The van der Waals surface area contributed by atoms with Gasteiger partial charge in [0.1, 0.15) is 23.4 Å². The van der Waals surface area contributed by atoms with Crippen molar-refractivity contribution in [2.24, 2.45) is 28.8 Å². The van der Waals surface area contributed by atoms with Crippen molar-refractivity contribution < 1.29 is 67.6 Å². The van der Waals surface area contributed by atoms with Gasteiger partial charge in [0.2, 0.25) is 0 Å². The predicted molar refractivity (Wildman–Crippen MR) is 242 cm³/mol. The number of methoxy groups -OCH3 is 1. The fraction of sp³-hybridized carbons (Fsp3) is 0.776. The molecule has 0 spiro atoms. The van der Waals surface area contributed by atoms with Crippen LogP contribution in [0.25, 0.3) is 6.08 Å². The average Bonchev–Trinajstić information content (AvgIpc) is 3.25. The van der Waals surface area contributed by atoms with Gasteiger partial charge in [-0.1, -0.05) is 69.3 Å². The number of benzene rings is 1. The third kappa shape index (κ3) is 12.0. The van der Waals surface area contributed by atoms with Crippen molar-refractivity contribution in [3.8, 4) is 0 Å². The maximum absolute atomic E-state index is 14.8. The Labute approximate surface area is 386 Å². The zero-order valence-corrected chi connectivity index (χ0v) is 41.1. The minimum atomic E-state index is -1.80. The van der Waals surface area contributed by atoms with Gasteiger partial charge in [0.15, 0.2) is 18.7 Å². The highest BCUT2D eigenvalue weighted by atomic mass is 16.7. The van der Waals surface area contributed by atoms with Crippen LogP contribution in [0.15, 0.2) is 41.1 Å². The Morgan fingerprint density at radius 1 is 0.969 bits per heavy atom. The van der Waals surface area contributed by atoms with Crippen molar-refractivity contribution in [3.63, 3.8) is 0 Å². The maximum atomic E-state index is 14.8. The van der Waals surface area contributed by atoms with Crippen molar-refractivity contribution in [2.75, 3.05) is 34.4 Å². The minimum absolute atomic E-state index is 0.00705. The van der Waals surface area contributed by atoms with Crippen LogP contribution in [0.3, 0.4) is 0 Å². The molecule has 4 aliphatic rings. The van der Waals surface area contributed by atoms with E-state index in [4.69, 9.17) is 42.6 Å². The number of aliphatic hydroxyl groups is 2. The van der Waals surface area contributed by atoms with Gasteiger partial charge in [0.25, 0.3) is 0 Å². The largest absolute Gasteiger partial charge is 0.459 e. The maximum Gasteiger partial charge on any atom is 0.311 e. The Kier molecular flexibility index (Phi) is 17.9. The molecule has 18 atom stereocenters. The lowest BCUT2D eigenvalue weighted by molar-refractivity contribution is -0.320. The summed E-state index contributed by atoms with van der Waals surface area (Å²) in [6.45, 7) is 19.6. The predicted octanol–water partition coefficient (Wildman–Crippen LogP) is 5.76. The lowest BCUT2D eigenvalue weighted by atomic mass is 9.73. The van der Waals surface area contributed by atoms with Crippen LogP contribution in [0.5, 0.6) is 0 Å². The Balaban J connectivity index is 1.75. The molecule has 5 rings (SSSR count). The second-order valence-electron chi connectivity index (χ2n) is 19.9. The number of oxime groups is 1. The molecule has 368 valence electrons. The molecule has 3 N–H and O–H groups in total. The molecular formula is C49H78N2O14. The molecule has 0 unspecified atom stereocenters. The Morgan fingerprint density at radius 3 is 2.25 bits per heavy atom. The van der Waals surface area contributed by atoms with E-state index in [0.717, 1.165) is 11.1 Å². The van der Waals surface area contributed by atoms with Gasteiger partial charge in [-0.25, -0.2) is 0 Å². The lowest BCUT2D eigenvalue weighted by Crippen LogP contribution is -2.62. The summed E-state index contributed by atoms with van der Waals surface area (Å²) >= 11 is 0. The first-order chi connectivity index (χ1) is 30.5. The zero-order valence-electron chi connectivity index (χ0n) is 41.1. The molecule has 1 aromatic carbocycles. The van der Waals surface area contributed by atoms with Crippen molar-refractivity contribution in [1.82, 2.24) is 4.90 Å². The smallest absolute Gasteiger partial charge is 0.311 e. The number of likely N-dealkylation sites (N-methyl/N-ethyl adjacent to an activating group) is 1. The molecule has 4 saturated heterocycles. The fourth-order valence-corrected chi connectivity index (χ4v) is 10.8. The molecule has 0 aromatic heterocycles. The number of cyclic esters (lactones) is 1. The first-order valence-corrected chi connectivity index (χ1v) is 23.3. The number of carbonyl (C=O) groups is 2. The number of hydrogen-bond donors (Lipinski definition) is 3. The molecule has 0 amide bonds. The summed E-state index contributed by atoms with van der Waals surface area (Å²) in [5, 5.41) is 39.4. The summed E-state index contributed by atoms with van der Waals surface area (Å²) in [7, 11) is 5.34. The number of rotatable bonds is 9. The van der Waals surface area contributed by atoms with Crippen LogP contribution in [0.1, 0.15) is 107 Å². The second-order valence-corrected chi connectivity index (χ2v) is 19.9. The highest BCUT2D eigenvalue weighted by Crippen LogP contribution is 2.43. The number of aliphatic hydroxyl groups excluding tert-OH is 1. The first kappa shape index (κ1) is 52.9. The van der Waals surface area contributed by atoms with E-state index in [2.05, 4.69) is 5.16 Å². The van der Waals surface area contributed by atoms with Crippen LogP contribution < -0.4 is 0 Å². The molecule has 0 saturated carbocycles. The Morgan fingerprint density at radius 2 is 1.65 bits per heavy atom. The molecule has 4 heterocycles. The highest BCUT2D eigenvalue weighted by molar-refractivity contribution is 5.88. The topological polar surface area (TPSA) is 193 Å². The molecule has 16 heteroatoms. The number of carbonyl (C=O) groups excluding carboxylic acids is 2. The number of fused-ring (bicyclic) bond motifs is 5. The van der Waals surface area contributed by atoms with Gasteiger partial charge in [0, 0.05) is 44.2 Å². The van der Waals surface area contributed by atoms with Crippen molar-refractivity contribution >= 4 is 23.7 Å². The summed E-state index contributed by atoms with van der Waals surface area (Å²) in [5.41, 5.74) is -2.16. The van der Waals surface area contributed by atoms with Crippen LogP contribution in [-0.4, -0.2) is 157 Å². The van der Waals surface area contributed by atoms with Gasteiger partial charge in [0.05, 0.1) is 61.0 Å². The number of esters is 2. The standard InChI is InChI=1S/C49H78N2O14/c1-15-37-49(11,55)43-29(4)39(50-56)27(2)23-48(10,59-26-35(25-58-43)22-34-19-17-16-18-20-34)42(65-46-40(53)36(51(12)13)21-28(3)60-46)30(5)41(31(6)45(54)63-37)64-38-24-47(9,57-14)44(32(7)61-38)62-33(8)52/h16-20,22,27-32,36-38,40-44,46,53,55-56H,15,21,23-26H2,1-14H3/b35-22-,50-39+/t27-,28-,29+,30+,31-,32+,36+,37-,38+,40-,41+,42-,43-,44+,46+,47-,48-,49-/m1/s1. The van der Waals surface area contributed by atoms with Gasteiger partial charge < -0.3 is 63.0 Å². The molecular weight excluding hydrogens is 841 g/mol. The highest BCUT2D eigenvalue weighted by Gasteiger charge is 2.55. The van der Waals surface area contributed by atoms with Gasteiger partial charge in [-0.05, 0) is 86.0 Å². The van der Waals surface area contributed by atoms with Gasteiger partial charge in [-0.3, -0.25) is 9.59 Å². The summed E-state index contributed by atoms with van der Waals surface area (Å²) in [6, 6.07) is 9.44. The van der Waals surface area contributed by atoms with Gasteiger partial charge in [-0.2, -0.15) is 0 Å². The lowest BCUT2D eigenvalue weighted by Gasteiger charge is -2.50. The molecule has 65 heavy (non-hydrogen) atoms. The van der Waals surface area contributed by atoms with Crippen LogP contribution in [0.4, 0.5) is 0 Å². The van der Waals surface area contributed by atoms with Crippen molar-refractivity contribution in [2.45, 2.75) is 186 Å². The van der Waals surface area contributed by atoms with Crippen LogP contribution in [-0.2, 0) is 52.2 Å². The third-order valence-corrected chi connectivity index (χ3v) is 14.4. The molecule has 0 radical (unpaired) electrons. The first-order valence-electron chi connectivity index (χ1n) is 23.3. The zero-order chi connectivity index (χ0) is 48.2. The molecule has 1 aromatic rings. The Hall–Kier alpha value is -3.03. The van der Waals surface area contributed by atoms with E-state index in [-0.39, 0.29) is 44.6 Å². The summed E-state index contributed by atoms with van der Waals surface area (Å²) in [6.07, 6.45) is -6.00. The van der Waals surface area contributed by atoms with E-state index in [9.17, 15) is 25.0 Å². The second kappa shape index (κ2) is 21.9. The SMILES string of the molecule is CC[C@H]1OC(=O)[C@H](C)[C@@H](O[C@H]2C[C@@](C)(OC)[C@@H](OC(C)=O)[C@H](C)O2)[C@H](C)[C@@H](O[C@@H]2O[C@H](C)C[C@H](N(C)C)[C@H]2O)[C@@]2(C)C[C@@H](C)/C(=N\O)[C@H](C)[C@@H](OC/C(=C/c3ccccc3)CO2)[C@]1(C)O. The average molecular weight is 919 g/mol. The molecule has 2 bridgehead atoms. The van der Waals surface area contributed by atoms with Crippen molar-refractivity contribution in [3.05, 3.63) is 41.5 Å². The summed E-state index contributed by atoms with van der Waals surface area (Å²) in [4.78, 5) is 29.0. The minimum Gasteiger partial charge on any atom is -0.459 e. The number of ether oxygens (including phenoxy) is 9. The third-order valence-electron chi connectivity index (χ3n) is 14.4. The monoisotopic (exact) mass is 919 g/mol. The van der Waals surface area contributed by atoms with Crippen LogP contribution in [0, 0.1) is 23.7 Å². The van der Waals surface area contributed by atoms with E-state index in [1.807, 2.05) is 104 Å². The van der Waals surface area contributed by atoms with Crippen LogP contribution in [0.2, 0.25) is 0 Å². The van der Waals surface area contributed by atoms with E-state index < -0.39 is 108 Å². The van der Waals surface area contributed by atoms with Crippen LogP contribution >= 0.6 is 0 Å². The normalized spacial score (nSPS) is 43.9. The molecule has 4 aliphatic heterocycles. The summed E-state index contributed by atoms with van der Waals surface area (Å²) in [5.74, 6) is -4.11. The van der Waals surface area contributed by atoms with Gasteiger partial charge >= 0.3 is 11.9 Å². The van der Waals surface area contributed by atoms with E-state index in [0.29, 0.717) is 12.1 Å².